The van der Waals surface area contributed by atoms with Crippen LogP contribution < -0.4 is 0 Å². The molecule has 36 heavy (non-hydrogen) atoms. The molecule has 2 bridgehead atoms. The molecule has 4 aliphatic carbocycles. The van der Waals surface area contributed by atoms with Crippen molar-refractivity contribution in [3.63, 3.8) is 0 Å². The van der Waals surface area contributed by atoms with E-state index in [-0.39, 0.29) is 35.2 Å². The molecular weight excluding hydrogens is 472 g/mol. The summed E-state index contributed by atoms with van der Waals surface area (Å²) in [6.45, 7) is 2.32. The first kappa shape index (κ1) is 23.9. The molecule has 0 radical (unpaired) electrons. The quantitative estimate of drug-likeness (QED) is 0.448. The number of benzene rings is 1. The zero-order valence-electron chi connectivity index (χ0n) is 20.8. The fourth-order valence-electron chi connectivity index (χ4n) is 8.23. The van der Waals surface area contributed by atoms with Crippen molar-refractivity contribution in [3.05, 3.63) is 71.7 Å². The van der Waals surface area contributed by atoms with Gasteiger partial charge in [0.1, 0.15) is 5.75 Å². The lowest BCUT2D eigenvalue weighted by atomic mass is 9.45. The number of carbonyl (C=O) groups is 1. The second kappa shape index (κ2) is 8.53. The summed E-state index contributed by atoms with van der Waals surface area (Å²) < 4.78 is 5.14. The number of phenolic OH excluding ortho intramolecular Hbond substituents is 1. The molecule has 1 N–H and O–H groups in total. The maximum Gasteiger partial charge on any atom is 0.246 e. The van der Waals surface area contributed by atoms with Crippen LogP contribution in [0.25, 0.3) is 6.08 Å². The van der Waals surface area contributed by atoms with E-state index in [4.69, 9.17) is 4.42 Å². The highest BCUT2D eigenvalue weighted by Crippen LogP contribution is 2.68. The number of halogens is 1. The minimum Gasteiger partial charge on any atom is -0.508 e. The molecular formula is C30H35ClN2O3. The van der Waals surface area contributed by atoms with E-state index in [1.54, 1.807) is 18.6 Å². The van der Waals surface area contributed by atoms with E-state index < -0.39 is 0 Å². The van der Waals surface area contributed by atoms with Gasteiger partial charge in [-0.2, -0.15) is 0 Å². The minimum absolute atomic E-state index is 0. The van der Waals surface area contributed by atoms with Crippen molar-refractivity contribution in [2.24, 2.45) is 17.3 Å². The molecule has 6 heteroatoms. The van der Waals surface area contributed by atoms with E-state index in [9.17, 15) is 9.90 Å². The fourth-order valence-corrected chi connectivity index (χ4v) is 8.23. The van der Waals surface area contributed by atoms with Crippen molar-refractivity contribution >= 4 is 24.4 Å². The second-order valence-electron chi connectivity index (χ2n) is 11.8. The summed E-state index contributed by atoms with van der Waals surface area (Å²) in [5.74, 6) is 1.64. The van der Waals surface area contributed by atoms with E-state index >= 15 is 0 Å². The Labute approximate surface area is 219 Å². The molecule has 5 aliphatic rings. The molecule has 1 aromatic carbocycles. The first-order valence-electron chi connectivity index (χ1n) is 13.2. The van der Waals surface area contributed by atoms with Crippen molar-refractivity contribution < 1.29 is 14.3 Å². The van der Waals surface area contributed by atoms with Crippen LogP contribution in [-0.2, 0) is 16.6 Å². The number of fused-ring (bicyclic) bond motifs is 2. The van der Waals surface area contributed by atoms with Gasteiger partial charge in [0.25, 0.3) is 0 Å². The van der Waals surface area contributed by atoms with Crippen LogP contribution in [-0.4, -0.2) is 53.0 Å². The largest absolute Gasteiger partial charge is 0.508 e. The summed E-state index contributed by atoms with van der Waals surface area (Å²) in [6, 6.07) is 8.53. The van der Waals surface area contributed by atoms with Crippen LogP contribution in [0, 0.1) is 17.3 Å². The molecule has 5 atom stereocenters. The monoisotopic (exact) mass is 506 g/mol. The fraction of sp³-hybridized carbons (Fsp3) is 0.500. The molecule has 190 valence electrons. The molecule has 2 saturated carbocycles. The maximum absolute atomic E-state index is 13.3. The molecule has 2 aromatic rings. The lowest BCUT2D eigenvalue weighted by Gasteiger charge is -2.65. The van der Waals surface area contributed by atoms with Crippen molar-refractivity contribution in [2.45, 2.75) is 56.0 Å². The van der Waals surface area contributed by atoms with Crippen molar-refractivity contribution in [1.29, 1.82) is 0 Å². The summed E-state index contributed by atoms with van der Waals surface area (Å²) in [5.41, 5.74) is 3.81. The molecule has 2 heterocycles. The van der Waals surface area contributed by atoms with Gasteiger partial charge < -0.3 is 14.4 Å². The van der Waals surface area contributed by atoms with Crippen molar-refractivity contribution in [1.82, 2.24) is 9.80 Å². The van der Waals surface area contributed by atoms with Gasteiger partial charge in [0.05, 0.1) is 12.5 Å². The number of hydrogen-bond acceptors (Lipinski definition) is 4. The summed E-state index contributed by atoms with van der Waals surface area (Å²) in [7, 11) is 1.97. The summed E-state index contributed by atoms with van der Waals surface area (Å²) in [6.07, 6.45) is 18.7. The Balaban J connectivity index is 0.00000240. The van der Waals surface area contributed by atoms with Crippen LogP contribution in [0.3, 0.4) is 0 Å². The molecule has 0 unspecified atom stereocenters. The number of amides is 1. The van der Waals surface area contributed by atoms with Gasteiger partial charge in [0.2, 0.25) is 5.91 Å². The first-order valence-corrected chi connectivity index (χ1v) is 13.2. The Morgan fingerprint density at radius 2 is 2.11 bits per heavy atom. The molecule has 7 rings (SSSR count). The zero-order valence-corrected chi connectivity index (χ0v) is 21.6. The Morgan fingerprint density at radius 3 is 2.89 bits per heavy atom. The number of carbonyl (C=O) groups excluding carboxylic acids is 1. The summed E-state index contributed by atoms with van der Waals surface area (Å²) >= 11 is 0. The molecule has 1 aliphatic heterocycles. The molecule has 5 nitrogen and oxygen atoms in total. The highest BCUT2D eigenvalue weighted by atomic mass is 35.5. The van der Waals surface area contributed by atoms with Gasteiger partial charge in [0, 0.05) is 48.1 Å². The molecule has 3 fully saturated rings. The average molecular weight is 507 g/mol. The molecule has 1 aromatic heterocycles. The third-order valence-electron chi connectivity index (χ3n) is 10.0. The summed E-state index contributed by atoms with van der Waals surface area (Å²) in [4.78, 5) is 18.0. The molecule has 1 saturated heterocycles. The number of hydrogen-bond donors (Lipinski definition) is 1. The van der Waals surface area contributed by atoms with Crippen LogP contribution in [0.1, 0.15) is 48.8 Å². The van der Waals surface area contributed by atoms with Crippen molar-refractivity contribution in [3.8, 4) is 5.75 Å². The van der Waals surface area contributed by atoms with E-state index in [2.05, 4.69) is 23.1 Å². The average Bonchev–Trinajstić information content (AvgIpc) is 3.43. The van der Waals surface area contributed by atoms with Crippen LogP contribution in [0.4, 0.5) is 0 Å². The predicted octanol–water partition coefficient (Wildman–Crippen LogP) is 5.19. The predicted molar refractivity (Wildman–Crippen MR) is 142 cm³/mol. The van der Waals surface area contributed by atoms with Gasteiger partial charge in [-0.3, -0.25) is 9.69 Å². The third-order valence-corrected chi connectivity index (χ3v) is 10.0. The van der Waals surface area contributed by atoms with Gasteiger partial charge >= 0.3 is 0 Å². The summed E-state index contributed by atoms with van der Waals surface area (Å²) in [5, 5.41) is 10.5. The Bertz CT molecular complexity index is 1220. The zero-order chi connectivity index (χ0) is 23.8. The third kappa shape index (κ3) is 3.42. The van der Waals surface area contributed by atoms with E-state index in [0.717, 1.165) is 43.7 Å². The Morgan fingerprint density at radius 1 is 1.25 bits per heavy atom. The van der Waals surface area contributed by atoms with E-state index in [1.807, 2.05) is 36.2 Å². The standard InChI is InChI=1S/C30H34N2O3.ClH/c1-31(28(34)9-4-21-10-13-35-19-21)26-17-29-11-12-32(18-20-2-3-20)27-8-6-23(26)16-30(27,29)15-22-5-7-24(33)14-25(22)29;/h4-10,13-14,19-20,23,26-27,33H,2-3,11-12,15-18H2,1H3;1H/b9-4+;/t23-,26-,27+,29-,30-;/m1./s1. The maximum atomic E-state index is 13.3. The Hall–Kier alpha value is -2.50. The number of furan rings is 1. The number of likely N-dealkylation sites (N-methyl/N-ethyl adjacent to an activating group) is 1. The lowest BCUT2D eigenvalue weighted by molar-refractivity contribution is -0.135. The smallest absolute Gasteiger partial charge is 0.246 e. The topological polar surface area (TPSA) is 56.9 Å². The van der Waals surface area contributed by atoms with E-state index in [0.29, 0.717) is 17.7 Å². The van der Waals surface area contributed by atoms with Gasteiger partial charge in [-0.1, -0.05) is 18.2 Å². The second-order valence-corrected chi connectivity index (χ2v) is 11.8. The number of likely N-dealkylation sites (tertiary alicyclic amines) is 1. The Kier molecular flexibility index (Phi) is 5.65. The van der Waals surface area contributed by atoms with E-state index in [1.165, 1.54) is 30.5 Å². The normalized spacial score (nSPS) is 34.2. The number of rotatable bonds is 5. The van der Waals surface area contributed by atoms with Crippen molar-refractivity contribution in [2.75, 3.05) is 20.1 Å². The number of phenols is 1. The molecule has 1 amide bonds. The van der Waals surface area contributed by atoms with Gasteiger partial charge in [-0.15, -0.1) is 12.4 Å². The van der Waals surface area contributed by atoms with Crippen LogP contribution in [0.2, 0.25) is 0 Å². The van der Waals surface area contributed by atoms with Crippen LogP contribution in [0.15, 0.2) is 59.4 Å². The van der Waals surface area contributed by atoms with Gasteiger partial charge in [-0.25, -0.2) is 0 Å². The van der Waals surface area contributed by atoms with Gasteiger partial charge in [-0.05, 0) is 92.3 Å². The van der Waals surface area contributed by atoms with Gasteiger partial charge in [0.15, 0.2) is 0 Å². The number of piperidine rings is 1. The first-order chi connectivity index (χ1) is 17.0. The molecule has 1 spiro atoms. The van der Waals surface area contributed by atoms with Crippen LogP contribution >= 0.6 is 12.4 Å². The number of nitrogens with zero attached hydrogens (tertiary/aromatic N) is 2. The lowest BCUT2D eigenvalue weighted by Crippen LogP contribution is -2.68. The SMILES string of the molecule is CN(C(=O)/C=C/c1ccoc1)[C@@H]1C[C@@]23CCN(CC4CC4)[C@H]4C=C[C@@H]1C[C@]42Cc1ccc(O)cc13.Cl. The van der Waals surface area contributed by atoms with Crippen LogP contribution in [0.5, 0.6) is 5.75 Å². The minimum atomic E-state index is 0. The number of aromatic hydroxyl groups is 1. The highest BCUT2D eigenvalue weighted by molar-refractivity contribution is 5.91. The highest BCUT2D eigenvalue weighted by Gasteiger charge is 2.68.